The largest absolute Gasteiger partial charge is 0.296 e. The summed E-state index contributed by atoms with van der Waals surface area (Å²) in [6, 6.07) is 18.0. The van der Waals surface area contributed by atoms with E-state index in [1.54, 1.807) is 42.7 Å². The molecule has 0 aliphatic carbocycles. The smallest absolute Gasteiger partial charge is 0.291 e. The molecule has 0 saturated heterocycles. The second kappa shape index (κ2) is 9.25. The Kier molecular flexibility index (Phi) is 6.24. The van der Waals surface area contributed by atoms with E-state index in [1.165, 1.54) is 0 Å². The van der Waals surface area contributed by atoms with Gasteiger partial charge in [-0.1, -0.05) is 41.2 Å². The van der Waals surface area contributed by atoms with Crippen molar-refractivity contribution >= 4 is 38.1 Å². The van der Waals surface area contributed by atoms with Crippen molar-refractivity contribution in [3.8, 4) is 0 Å². The Morgan fingerprint density at radius 1 is 0.969 bits per heavy atom. The lowest BCUT2D eigenvalue weighted by Crippen LogP contribution is -2.12. The maximum Gasteiger partial charge on any atom is 0.291 e. The van der Waals surface area contributed by atoms with Gasteiger partial charge in [-0.15, -0.1) is 10.2 Å². The van der Waals surface area contributed by atoms with Gasteiger partial charge >= 0.3 is 0 Å². The maximum atomic E-state index is 12.7. The predicted molar refractivity (Wildman–Crippen MR) is 123 cm³/mol. The summed E-state index contributed by atoms with van der Waals surface area (Å²) < 4.78 is 27.6. The molecule has 0 saturated carbocycles. The number of amides is 1. The van der Waals surface area contributed by atoms with Crippen LogP contribution in [0.25, 0.3) is 0 Å². The third-order valence-corrected chi connectivity index (χ3v) is 7.09. The summed E-state index contributed by atoms with van der Waals surface area (Å²) in [4.78, 5) is 16.3. The lowest BCUT2D eigenvalue weighted by Gasteiger charge is -2.07. The van der Waals surface area contributed by atoms with E-state index in [0.717, 1.165) is 34.4 Å². The van der Waals surface area contributed by atoms with Crippen molar-refractivity contribution in [3.05, 3.63) is 95.3 Å². The van der Waals surface area contributed by atoms with Crippen LogP contribution >= 0.6 is 11.3 Å². The number of carbonyl (C=O) groups is 1. The quantitative estimate of drug-likeness (QED) is 0.400. The Morgan fingerprint density at radius 2 is 1.69 bits per heavy atom. The van der Waals surface area contributed by atoms with E-state index in [-0.39, 0.29) is 15.4 Å². The summed E-state index contributed by atoms with van der Waals surface area (Å²) in [5.74, 6) is -0.383. The van der Waals surface area contributed by atoms with Crippen molar-refractivity contribution in [2.45, 2.75) is 17.7 Å². The number of pyridine rings is 1. The molecule has 8 nitrogen and oxygen atoms in total. The summed E-state index contributed by atoms with van der Waals surface area (Å²) in [5.41, 5.74) is 3.95. The topological polar surface area (TPSA) is 114 Å². The van der Waals surface area contributed by atoms with E-state index in [0.29, 0.717) is 11.3 Å². The van der Waals surface area contributed by atoms with E-state index >= 15 is 0 Å². The van der Waals surface area contributed by atoms with Gasteiger partial charge in [-0.25, -0.2) is 0 Å². The van der Waals surface area contributed by atoms with Gasteiger partial charge in [0.15, 0.2) is 0 Å². The third kappa shape index (κ3) is 5.34. The highest BCUT2D eigenvalue weighted by atomic mass is 32.2. The molecule has 0 aliphatic heterocycles. The monoisotopic (exact) mass is 465 g/mol. The van der Waals surface area contributed by atoms with Crippen molar-refractivity contribution in [1.29, 1.82) is 0 Å². The molecule has 0 atom stereocenters. The summed E-state index contributed by atoms with van der Waals surface area (Å²) in [5, 5.41) is 10.2. The number of carbonyl (C=O) groups excluding carboxylic acids is 1. The normalized spacial score (nSPS) is 11.2. The lowest BCUT2D eigenvalue weighted by molar-refractivity contribution is 0.102. The summed E-state index contributed by atoms with van der Waals surface area (Å²) in [6.07, 6.45) is 4.19. The number of aryl methyl sites for hydroxylation is 1. The molecular weight excluding hydrogens is 446 g/mol. The van der Waals surface area contributed by atoms with Gasteiger partial charge in [-0.3, -0.25) is 19.8 Å². The predicted octanol–water partition coefficient (Wildman–Crippen LogP) is 3.89. The molecule has 2 aromatic heterocycles. The van der Waals surface area contributed by atoms with E-state index < -0.39 is 10.0 Å². The minimum Gasteiger partial charge on any atom is -0.296 e. The molecule has 0 radical (unpaired) electrons. The van der Waals surface area contributed by atoms with Crippen LogP contribution in [-0.4, -0.2) is 29.5 Å². The first-order valence-corrected chi connectivity index (χ1v) is 11.9. The molecule has 0 bridgehead atoms. The average Bonchev–Trinajstić information content (AvgIpc) is 3.25. The first-order valence-electron chi connectivity index (χ1n) is 9.61. The second-order valence-corrected chi connectivity index (χ2v) is 9.87. The summed E-state index contributed by atoms with van der Waals surface area (Å²) >= 11 is 0.781. The molecule has 2 heterocycles. The number of nitrogens with zero attached hydrogens (tertiary/aromatic N) is 3. The van der Waals surface area contributed by atoms with E-state index in [2.05, 4.69) is 25.2 Å². The third-order valence-electron chi connectivity index (χ3n) is 4.50. The van der Waals surface area contributed by atoms with Gasteiger partial charge in [0.25, 0.3) is 20.3 Å². The molecular formula is C22H19N5O3S2. The second-order valence-electron chi connectivity index (χ2n) is 7.03. The Bertz CT molecular complexity index is 1340. The maximum absolute atomic E-state index is 12.7. The van der Waals surface area contributed by atoms with E-state index in [4.69, 9.17) is 0 Å². The SMILES string of the molecule is Cc1cccc(C(=O)Nc2nnc(S(=O)(=O)Nc3ccc(Cc4ccncc4)cc3)s2)c1. The van der Waals surface area contributed by atoms with Gasteiger partial charge in [-0.05, 0) is 60.9 Å². The van der Waals surface area contributed by atoms with Crippen molar-refractivity contribution in [3.63, 3.8) is 0 Å². The highest BCUT2D eigenvalue weighted by molar-refractivity contribution is 7.94. The zero-order chi connectivity index (χ0) is 22.6. The highest BCUT2D eigenvalue weighted by Gasteiger charge is 2.21. The van der Waals surface area contributed by atoms with Crippen LogP contribution < -0.4 is 10.0 Å². The number of hydrogen-bond donors (Lipinski definition) is 2. The van der Waals surface area contributed by atoms with Crippen LogP contribution in [0, 0.1) is 6.92 Å². The van der Waals surface area contributed by atoms with Gasteiger partial charge in [0.05, 0.1) is 0 Å². The van der Waals surface area contributed by atoms with E-state index in [1.807, 2.05) is 37.3 Å². The standard InChI is InChI=1S/C22H19N5O3S2/c1-15-3-2-4-18(13-15)20(28)24-21-25-26-22(31-21)32(29,30)27-19-7-5-16(6-8-19)14-17-9-11-23-12-10-17/h2-13,27H,14H2,1H3,(H,24,25,28). The van der Waals surface area contributed by atoms with Gasteiger partial charge in [0, 0.05) is 23.6 Å². The lowest BCUT2D eigenvalue weighted by atomic mass is 10.1. The summed E-state index contributed by atoms with van der Waals surface area (Å²) in [7, 11) is -3.94. The molecule has 0 fully saturated rings. The number of aromatic nitrogens is 3. The molecule has 4 rings (SSSR count). The average molecular weight is 466 g/mol. The molecule has 1 amide bonds. The van der Waals surface area contributed by atoms with Crippen LogP contribution in [0.5, 0.6) is 0 Å². The van der Waals surface area contributed by atoms with Crippen LogP contribution in [0.15, 0.2) is 77.4 Å². The number of rotatable bonds is 7. The minimum atomic E-state index is -3.94. The van der Waals surface area contributed by atoms with Crippen LogP contribution in [0.3, 0.4) is 0 Å². The number of anilines is 2. The van der Waals surface area contributed by atoms with Gasteiger partial charge in [0.2, 0.25) is 5.13 Å². The zero-order valence-electron chi connectivity index (χ0n) is 17.0. The van der Waals surface area contributed by atoms with Crippen molar-refractivity contribution in [2.24, 2.45) is 0 Å². The first kappa shape index (κ1) is 21.6. The van der Waals surface area contributed by atoms with Crippen LogP contribution in [0.4, 0.5) is 10.8 Å². The molecule has 32 heavy (non-hydrogen) atoms. The molecule has 0 aliphatic rings. The zero-order valence-corrected chi connectivity index (χ0v) is 18.7. The number of benzene rings is 2. The highest BCUT2D eigenvalue weighted by Crippen LogP contribution is 2.23. The van der Waals surface area contributed by atoms with Gasteiger partial charge in [-0.2, -0.15) is 8.42 Å². The number of nitrogens with one attached hydrogen (secondary N) is 2. The fraction of sp³-hybridized carbons (Fsp3) is 0.0909. The number of sulfonamides is 1. The molecule has 0 unspecified atom stereocenters. The molecule has 0 spiro atoms. The van der Waals surface area contributed by atoms with Crippen molar-refractivity contribution in [2.75, 3.05) is 10.0 Å². The Hall–Kier alpha value is -3.63. The fourth-order valence-electron chi connectivity index (χ4n) is 2.95. The number of hydrogen-bond acceptors (Lipinski definition) is 7. The molecule has 2 aromatic carbocycles. The van der Waals surface area contributed by atoms with Crippen molar-refractivity contribution < 1.29 is 13.2 Å². The van der Waals surface area contributed by atoms with Crippen molar-refractivity contribution in [1.82, 2.24) is 15.2 Å². The molecule has 2 N–H and O–H groups in total. The molecule has 10 heteroatoms. The molecule has 4 aromatic rings. The van der Waals surface area contributed by atoms with E-state index in [9.17, 15) is 13.2 Å². The molecule has 162 valence electrons. The Morgan fingerprint density at radius 3 is 2.41 bits per heavy atom. The minimum absolute atomic E-state index is 0.101. The van der Waals surface area contributed by atoms with Crippen LogP contribution in [0.1, 0.15) is 27.0 Å². The fourth-order valence-corrected chi connectivity index (χ4v) is 4.91. The Balaban J connectivity index is 1.41. The summed E-state index contributed by atoms with van der Waals surface area (Å²) in [6.45, 7) is 1.88. The van der Waals surface area contributed by atoms with Gasteiger partial charge in [0.1, 0.15) is 0 Å². The Labute approximate surface area is 189 Å². The van der Waals surface area contributed by atoms with Gasteiger partial charge < -0.3 is 0 Å². The van der Waals surface area contributed by atoms with Crippen LogP contribution in [-0.2, 0) is 16.4 Å². The van der Waals surface area contributed by atoms with Crippen LogP contribution in [0.2, 0.25) is 0 Å². The first-order chi connectivity index (χ1) is 15.4.